The van der Waals surface area contributed by atoms with Crippen LogP contribution < -0.4 is 25.0 Å². The van der Waals surface area contributed by atoms with Gasteiger partial charge in [-0.1, -0.05) is 31.4 Å². The molecule has 2 atom stereocenters. The number of hydrogen-bond acceptors (Lipinski definition) is 6. The molecule has 2 aromatic rings. The highest BCUT2D eigenvalue weighted by molar-refractivity contribution is 7.86. The zero-order chi connectivity index (χ0) is 26.4. The number of anilines is 2. The average Bonchev–Trinajstić information content (AvgIpc) is 3.32. The van der Waals surface area contributed by atoms with Crippen molar-refractivity contribution in [2.75, 3.05) is 28.5 Å². The van der Waals surface area contributed by atoms with Crippen molar-refractivity contribution in [3.05, 3.63) is 48.0 Å². The first-order valence-electron chi connectivity index (χ1n) is 12.5. The monoisotopic (exact) mass is 527 g/mol. The molecule has 198 valence electrons. The Morgan fingerprint density at radius 1 is 1.03 bits per heavy atom. The predicted molar refractivity (Wildman–Crippen MR) is 142 cm³/mol. The smallest absolute Gasteiger partial charge is 0.243 e. The van der Waals surface area contributed by atoms with E-state index in [9.17, 15) is 18.6 Å². The first-order chi connectivity index (χ1) is 17.8. The molecular formula is C27H33N3O6S. The third-order valence-corrected chi connectivity index (χ3v) is 7.65. The maximum Gasteiger partial charge on any atom is 0.243 e. The van der Waals surface area contributed by atoms with Crippen molar-refractivity contribution in [2.45, 2.75) is 58.0 Å². The number of carbonyl (C=O) groups excluding carboxylic acids is 3. The van der Waals surface area contributed by atoms with Crippen molar-refractivity contribution in [1.82, 2.24) is 5.32 Å². The molecule has 2 aromatic carbocycles. The molecule has 0 bridgehead atoms. The van der Waals surface area contributed by atoms with Crippen molar-refractivity contribution < 1.29 is 28.1 Å². The van der Waals surface area contributed by atoms with E-state index in [0.717, 1.165) is 31.2 Å². The molecule has 0 unspecified atom stereocenters. The van der Waals surface area contributed by atoms with E-state index < -0.39 is 28.7 Å². The molecule has 10 heteroatoms. The topological polar surface area (TPSA) is 114 Å². The highest BCUT2D eigenvalue weighted by Gasteiger charge is 2.30. The van der Waals surface area contributed by atoms with Gasteiger partial charge in [-0.15, -0.1) is 0 Å². The van der Waals surface area contributed by atoms with Gasteiger partial charge < -0.3 is 20.1 Å². The Morgan fingerprint density at radius 2 is 1.78 bits per heavy atom. The van der Waals surface area contributed by atoms with E-state index in [-0.39, 0.29) is 30.2 Å². The fraction of sp³-hybridized carbons (Fsp3) is 0.444. The van der Waals surface area contributed by atoms with E-state index in [4.69, 9.17) is 9.47 Å². The second kappa shape index (κ2) is 12.2. The molecule has 2 aliphatic rings. The summed E-state index contributed by atoms with van der Waals surface area (Å²) in [5.74, 6) is -0.851. The van der Waals surface area contributed by atoms with Crippen LogP contribution in [0.2, 0.25) is 0 Å². The van der Waals surface area contributed by atoms with Gasteiger partial charge in [-0.25, -0.2) is 0 Å². The Bertz CT molecular complexity index is 1180. The predicted octanol–water partition coefficient (Wildman–Crippen LogP) is 3.28. The van der Waals surface area contributed by atoms with E-state index in [0.29, 0.717) is 22.9 Å². The second-order valence-electron chi connectivity index (χ2n) is 9.47. The molecule has 0 aromatic heterocycles. The highest BCUT2D eigenvalue weighted by atomic mass is 32.2. The van der Waals surface area contributed by atoms with Crippen LogP contribution in [0.25, 0.3) is 0 Å². The number of carbonyl (C=O) groups is 3. The first kappa shape index (κ1) is 26.7. The number of ether oxygens (including phenoxy) is 2. The van der Waals surface area contributed by atoms with Crippen LogP contribution in [0, 0.1) is 6.92 Å². The minimum atomic E-state index is -1.78. The van der Waals surface area contributed by atoms with Gasteiger partial charge in [0.25, 0.3) is 0 Å². The van der Waals surface area contributed by atoms with E-state index >= 15 is 0 Å². The van der Waals surface area contributed by atoms with E-state index in [1.807, 2.05) is 25.1 Å². The highest BCUT2D eigenvalue weighted by Crippen LogP contribution is 2.34. The summed E-state index contributed by atoms with van der Waals surface area (Å²) in [4.78, 5) is 40.3. The molecule has 4 rings (SSSR count). The fourth-order valence-corrected chi connectivity index (χ4v) is 5.50. The summed E-state index contributed by atoms with van der Waals surface area (Å²) in [6.07, 6.45) is 5.18. The molecule has 0 spiro atoms. The summed E-state index contributed by atoms with van der Waals surface area (Å²) < 4.78 is 23.4. The lowest BCUT2D eigenvalue weighted by Crippen LogP contribution is -2.52. The maximum absolute atomic E-state index is 13.4. The van der Waals surface area contributed by atoms with Gasteiger partial charge in [-0.2, -0.15) is 0 Å². The van der Waals surface area contributed by atoms with Crippen molar-refractivity contribution in [3.8, 4) is 11.5 Å². The lowest BCUT2D eigenvalue weighted by molar-refractivity contribution is -0.126. The number of rotatable bonds is 9. The SMILES string of the molecule is Cc1cccc(N(C(=O)C[S@](=O)CC(=O)Nc2ccc3c(c2)OCO3)[C@H](C)C(=O)NC2CCCCC2)c1. The zero-order valence-electron chi connectivity index (χ0n) is 21.2. The third-order valence-electron chi connectivity index (χ3n) is 6.50. The van der Waals surface area contributed by atoms with Crippen LogP contribution in [0.3, 0.4) is 0 Å². The molecule has 3 amide bonds. The number of amides is 3. The van der Waals surface area contributed by atoms with Crippen LogP contribution >= 0.6 is 0 Å². The molecule has 37 heavy (non-hydrogen) atoms. The maximum atomic E-state index is 13.4. The Morgan fingerprint density at radius 3 is 2.54 bits per heavy atom. The number of nitrogens with one attached hydrogen (secondary N) is 2. The summed E-state index contributed by atoms with van der Waals surface area (Å²) in [7, 11) is -1.78. The Labute approximate surface area is 219 Å². The molecular weight excluding hydrogens is 494 g/mol. The Balaban J connectivity index is 1.40. The van der Waals surface area contributed by atoms with E-state index in [1.165, 1.54) is 11.3 Å². The number of fused-ring (bicyclic) bond motifs is 1. The van der Waals surface area contributed by atoms with Gasteiger partial charge in [0.15, 0.2) is 11.5 Å². The molecule has 1 heterocycles. The van der Waals surface area contributed by atoms with Crippen molar-refractivity contribution >= 4 is 39.9 Å². The van der Waals surface area contributed by atoms with E-state index in [2.05, 4.69) is 10.6 Å². The number of nitrogens with zero attached hydrogens (tertiary/aromatic N) is 1. The summed E-state index contributed by atoms with van der Waals surface area (Å²) in [6.45, 7) is 3.69. The van der Waals surface area contributed by atoms with Gasteiger partial charge in [0, 0.05) is 34.3 Å². The molecule has 1 fully saturated rings. The van der Waals surface area contributed by atoms with Gasteiger partial charge >= 0.3 is 0 Å². The number of hydrogen-bond donors (Lipinski definition) is 2. The minimum absolute atomic E-state index is 0.104. The van der Waals surface area contributed by atoms with Gasteiger partial charge in [0.1, 0.15) is 17.5 Å². The van der Waals surface area contributed by atoms with Gasteiger partial charge in [-0.3, -0.25) is 23.5 Å². The largest absolute Gasteiger partial charge is 0.454 e. The van der Waals surface area contributed by atoms with Crippen LogP contribution in [0.4, 0.5) is 11.4 Å². The summed E-state index contributed by atoms with van der Waals surface area (Å²) in [5.41, 5.74) is 1.96. The van der Waals surface area contributed by atoms with Crippen molar-refractivity contribution in [2.24, 2.45) is 0 Å². The zero-order valence-corrected chi connectivity index (χ0v) is 22.0. The molecule has 1 saturated carbocycles. The first-order valence-corrected chi connectivity index (χ1v) is 14.0. The molecule has 9 nitrogen and oxygen atoms in total. The molecule has 1 aliphatic carbocycles. The van der Waals surface area contributed by atoms with Crippen LogP contribution in [0.1, 0.15) is 44.6 Å². The average molecular weight is 528 g/mol. The summed E-state index contributed by atoms with van der Waals surface area (Å²) in [5, 5.41) is 5.75. The normalized spacial score (nSPS) is 16.5. The third kappa shape index (κ3) is 7.09. The second-order valence-corrected chi connectivity index (χ2v) is 10.9. The van der Waals surface area contributed by atoms with Gasteiger partial charge in [-0.05, 0) is 56.5 Å². The Hall–Kier alpha value is -3.40. The van der Waals surface area contributed by atoms with Gasteiger partial charge in [0.2, 0.25) is 24.5 Å². The lowest BCUT2D eigenvalue weighted by Gasteiger charge is -2.31. The van der Waals surface area contributed by atoms with Crippen LogP contribution in [-0.2, 0) is 25.2 Å². The quantitative estimate of drug-likeness (QED) is 0.517. The van der Waals surface area contributed by atoms with Gasteiger partial charge in [0.05, 0.1) is 0 Å². The van der Waals surface area contributed by atoms with Crippen molar-refractivity contribution in [3.63, 3.8) is 0 Å². The van der Waals surface area contributed by atoms with Crippen molar-refractivity contribution in [1.29, 1.82) is 0 Å². The standard InChI is InChI=1S/C27H33N3O6S/c1-18-7-6-10-22(13-18)30(19(2)27(33)29-20-8-4-3-5-9-20)26(32)16-37(34)15-25(31)28-21-11-12-23-24(14-21)36-17-35-23/h6-7,10-14,19-20H,3-5,8-9,15-17H2,1-2H3,(H,28,31)(H,29,33)/t19-,37-/m1/s1. The van der Waals surface area contributed by atoms with E-state index in [1.54, 1.807) is 31.2 Å². The molecule has 1 aliphatic heterocycles. The molecule has 2 N–H and O–H groups in total. The minimum Gasteiger partial charge on any atom is -0.454 e. The number of benzene rings is 2. The fourth-order valence-electron chi connectivity index (χ4n) is 4.62. The lowest BCUT2D eigenvalue weighted by atomic mass is 9.95. The number of aryl methyl sites for hydroxylation is 1. The van der Waals surface area contributed by atoms with Crippen LogP contribution in [0.5, 0.6) is 11.5 Å². The van der Waals surface area contributed by atoms with Crippen LogP contribution in [-0.4, -0.2) is 52.3 Å². The molecule has 0 radical (unpaired) electrons. The molecule has 0 saturated heterocycles. The summed E-state index contributed by atoms with van der Waals surface area (Å²) >= 11 is 0. The van der Waals surface area contributed by atoms with Crippen LogP contribution in [0.15, 0.2) is 42.5 Å². The summed E-state index contributed by atoms with van der Waals surface area (Å²) in [6, 6.07) is 11.6. The Kier molecular flexibility index (Phi) is 8.81.